The van der Waals surface area contributed by atoms with Gasteiger partial charge >= 0.3 is 0 Å². The Labute approximate surface area is 172 Å². The van der Waals surface area contributed by atoms with Crippen molar-refractivity contribution in [2.75, 3.05) is 0 Å². The predicted molar refractivity (Wildman–Crippen MR) is 120 cm³/mol. The van der Waals surface area contributed by atoms with Crippen LogP contribution in [0.25, 0.3) is 0 Å². The molecule has 148 valence electrons. The SMILES string of the molecule is C[SiH](OC12CC3CC(C1)CC(O[SiH](C)c1ccccc1)(C3)C2)c1ccccc1. The molecule has 0 aromatic heterocycles. The van der Waals surface area contributed by atoms with E-state index in [1.54, 1.807) is 0 Å². The first-order valence-corrected chi connectivity index (χ1v) is 15.4. The van der Waals surface area contributed by atoms with E-state index in [9.17, 15) is 0 Å². The maximum atomic E-state index is 7.02. The summed E-state index contributed by atoms with van der Waals surface area (Å²) < 4.78 is 14.0. The van der Waals surface area contributed by atoms with Crippen molar-refractivity contribution < 1.29 is 8.85 Å². The molecule has 2 atom stereocenters. The van der Waals surface area contributed by atoms with Gasteiger partial charge in [-0.25, -0.2) is 0 Å². The highest BCUT2D eigenvalue weighted by Crippen LogP contribution is 2.60. The van der Waals surface area contributed by atoms with Crippen molar-refractivity contribution >= 4 is 28.5 Å². The molecule has 0 saturated heterocycles. The van der Waals surface area contributed by atoms with Crippen molar-refractivity contribution in [1.29, 1.82) is 0 Å². The zero-order valence-corrected chi connectivity index (χ0v) is 19.5. The summed E-state index contributed by atoms with van der Waals surface area (Å²) in [4.78, 5) is 0. The van der Waals surface area contributed by atoms with Crippen LogP contribution in [0.5, 0.6) is 0 Å². The van der Waals surface area contributed by atoms with Crippen LogP contribution in [-0.4, -0.2) is 29.3 Å². The minimum absolute atomic E-state index is 0.0797. The summed E-state index contributed by atoms with van der Waals surface area (Å²) in [6, 6.07) is 21.9. The molecular formula is C24H32O2Si2. The van der Waals surface area contributed by atoms with E-state index >= 15 is 0 Å². The van der Waals surface area contributed by atoms with Crippen molar-refractivity contribution in [3.05, 3.63) is 60.7 Å². The molecule has 2 nitrogen and oxygen atoms in total. The molecule has 0 amide bonds. The Morgan fingerprint density at radius 1 is 0.679 bits per heavy atom. The average molecular weight is 409 g/mol. The van der Waals surface area contributed by atoms with E-state index in [1.807, 2.05) is 0 Å². The molecule has 0 radical (unpaired) electrons. The molecule has 4 fully saturated rings. The Balaban J connectivity index is 1.36. The number of hydrogen-bond donors (Lipinski definition) is 0. The number of benzene rings is 2. The highest BCUT2D eigenvalue weighted by Gasteiger charge is 2.59. The Kier molecular flexibility index (Phi) is 4.86. The summed E-state index contributed by atoms with van der Waals surface area (Å²) in [6.07, 6.45) is 7.58. The van der Waals surface area contributed by atoms with Gasteiger partial charge in [-0.2, -0.15) is 0 Å². The maximum absolute atomic E-state index is 7.02. The van der Waals surface area contributed by atoms with Crippen molar-refractivity contribution in [3.63, 3.8) is 0 Å². The second-order valence-electron chi connectivity index (χ2n) is 9.67. The van der Waals surface area contributed by atoms with Gasteiger partial charge in [-0.15, -0.1) is 0 Å². The van der Waals surface area contributed by atoms with Crippen molar-refractivity contribution in [2.45, 2.75) is 62.8 Å². The highest BCUT2D eigenvalue weighted by atomic mass is 28.3. The van der Waals surface area contributed by atoms with Crippen LogP contribution in [0.15, 0.2) is 60.7 Å². The molecule has 4 aliphatic carbocycles. The topological polar surface area (TPSA) is 18.5 Å². The second kappa shape index (κ2) is 7.24. The van der Waals surface area contributed by atoms with Crippen LogP contribution in [0.4, 0.5) is 0 Å². The first-order valence-electron chi connectivity index (χ1n) is 11.0. The molecule has 0 N–H and O–H groups in total. The van der Waals surface area contributed by atoms with Gasteiger partial charge in [0.05, 0.1) is 11.2 Å². The van der Waals surface area contributed by atoms with Gasteiger partial charge in [0.1, 0.15) is 0 Å². The number of hydrogen-bond acceptors (Lipinski definition) is 2. The molecule has 2 aromatic carbocycles. The second-order valence-corrected chi connectivity index (χ2v) is 14.0. The monoisotopic (exact) mass is 408 g/mol. The van der Waals surface area contributed by atoms with Gasteiger partial charge < -0.3 is 8.85 Å². The smallest absolute Gasteiger partial charge is 0.205 e. The van der Waals surface area contributed by atoms with Gasteiger partial charge in [-0.05, 0) is 67.4 Å². The van der Waals surface area contributed by atoms with E-state index in [1.165, 1.54) is 42.5 Å². The fourth-order valence-corrected chi connectivity index (χ4v) is 10.6. The molecule has 4 saturated carbocycles. The van der Waals surface area contributed by atoms with Crippen molar-refractivity contribution in [1.82, 2.24) is 0 Å². The molecule has 0 aliphatic heterocycles. The molecule has 0 heterocycles. The van der Waals surface area contributed by atoms with Gasteiger partial charge in [-0.3, -0.25) is 0 Å². The Morgan fingerprint density at radius 2 is 1.07 bits per heavy atom. The summed E-state index contributed by atoms with van der Waals surface area (Å²) in [5, 5.41) is 2.86. The van der Waals surface area contributed by atoms with E-state index in [2.05, 4.69) is 73.8 Å². The van der Waals surface area contributed by atoms with Gasteiger partial charge in [0, 0.05) is 6.42 Å². The van der Waals surface area contributed by atoms with E-state index in [0.29, 0.717) is 0 Å². The third-order valence-electron chi connectivity index (χ3n) is 7.35. The van der Waals surface area contributed by atoms with Crippen LogP contribution in [-0.2, 0) is 8.85 Å². The third kappa shape index (κ3) is 3.56. The van der Waals surface area contributed by atoms with E-state index in [4.69, 9.17) is 8.85 Å². The minimum Gasteiger partial charge on any atom is -0.410 e. The quantitative estimate of drug-likeness (QED) is 0.680. The summed E-state index contributed by atoms with van der Waals surface area (Å²) in [7, 11) is -2.78. The Morgan fingerprint density at radius 3 is 1.46 bits per heavy atom. The fraction of sp³-hybridized carbons (Fsp3) is 0.500. The van der Waals surface area contributed by atoms with Gasteiger partial charge in [0.2, 0.25) is 18.1 Å². The standard InChI is InChI=1S/C24H32O2Si2/c1-27(21-9-5-3-6-10-21)25-23-14-19-13-20(15-23)17-24(16-19,18-23)26-28(2)22-11-7-4-8-12-22/h3-12,19-20,27-28H,13-18H2,1-2H3. The maximum Gasteiger partial charge on any atom is 0.205 e. The molecule has 2 aromatic rings. The first kappa shape index (κ1) is 18.8. The molecule has 4 aliphatic rings. The summed E-state index contributed by atoms with van der Waals surface area (Å²) >= 11 is 0. The third-order valence-corrected chi connectivity index (χ3v) is 11.7. The first-order chi connectivity index (χ1) is 13.5. The molecule has 28 heavy (non-hydrogen) atoms. The van der Waals surface area contributed by atoms with Crippen molar-refractivity contribution in [2.24, 2.45) is 11.8 Å². The van der Waals surface area contributed by atoms with Crippen LogP contribution in [0, 0.1) is 11.8 Å². The normalized spacial score (nSPS) is 35.6. The van der Waals surface area contributed by atoms with Gasteiger partial charge in [-0.1, -0.05) is 60.7 Å². The molecule has 6 rings (SSSR count). The van der Waals surface area contributed by atoms with Gasteiger partial charge in [0.15, 0.2) is 0 Å². The fourth-order valence-electron chi connectivity index (χ4n) is 6.71. The lowest BCUT2D eigenvalue weighted by Crippen LogP contribution is -2.64. The molecule has 4 bridgehead atoms. The van der Waals surface area contributed by atoms with Gasteiger partial charge in [0.25, 0.3) is 0 Å². The summed E-state index contributed by atoms with van der Waals surface area (Å²) in [5.74, 6) is 1.60. The molecule has 0 spiro atoms. The lowest BCUT2D eigenvalue weighted by atomic mass is 9.52. The van der Waals surface area contributed by atoms with Crippen LogP contribution in [0.1, 0.15) is 38.5 Å². The van der Waals surface area contributed by atoms with Crippen LogP contribution in [0.2, 0.25) is 13.1 Å². The summed E-state index contributed by atoms with van der Waals surface area (Å²) in [5.41, 5.74) is 0.159. The minimum atomic E-state index is -1.39. The Bertz CT molecular complexity index is 730. The largest absolute Gasteiger partial charge is 0.410 e. The van der Waals surface area contributed by atoms with Crippen molar-refractivity contribution in [3.8, 4) is 0 Å². The molecular weight excluding hydrogens is 376 g/mol. The lowest BCUT2D eigenvalue weighted by Gasteiger charge is -2.62. The van der Waals surface area contributed by atoms with E-state index < -0.39 is 18.1 Å². The Hall–Kier alpha value is -1.21. The average Bonchev–Trinajstić information content (AvgIpc) is 2.67. The summed E-state index contributed by atoms with van der Waals surface area (Å²) in [6.45, 7) is 4.73. The molecule has 4 heteroatoms. The number of rotatable bonds is 6. The highest BCUT2D eigenvalue weighted by molar-refractivity contribution is 6.66. The lowest BCUT2D eigenvalue weighted by molar-refractivity contribution is -0.179. The zero-order valence-electron chi connectivity index (χ0n) is 17.1. The van der Waals surface area contributed by atoms with E-state index in [0.717, 1.165) is 18.3 Å². The van der Waals surface area contributed by atoms with Crippen LogP contribution >= 0.6 is 0 Å². The van der Waals surface area contributed by atoms with Crippen LogP contribution in [0.3, 0.4) is 0 Å². The zero-order chi connectivity index (χ0) is 19.2. The molecule has 2 unspecified atom stereocenters. The predicted octanol–water partition coefficient (Wildman–Crippen LogP) is 3.63. The van der Waals surface area contributed by atoms with Crippen LogP contribution < -0.4 is 10.4 Å². The van der Waals surface area contributed by atoms with E-state index in [-0.39, 0.29) is 11.2 Å².